The van der Waals surface area contributed by atoms with Gasteiger partial charge in [0.05, 0.1) is 12.2 Å². The van der Waals surface area contributed by atoms with Gasteiger partial charge >= 0.3 is 0 Å². The first-order chi connectivity index (χ1) is 14.2. The van der Waals surface area contributed by atoms with Gasteiger partial charge in [-0.3, -0.25) is 14.0 Å². The van der Waals surface area contributed by atoms with E-state index in [0.717, 1.165) is 76.6 Å². The molecule has 10 heteroatoms. The summed E-state index contributed by atoms with van der Waals surface area (Å²) in [4.78, 5) is 9.35. The van der Waals surface area contributed by atoms with Crippen molar-refractivity contribution in [1.29, 1.82) is 0 Å². The Hall–Kier alpha value is -2.72. The van der Waals surface area contributed by atoms with Crippen LogP contribution in [0.15, 0.2) is 30.9 Å². The number of aryl methyl sites for hydroxylation is 1. The molecule has 0 saturated carbocycles. The van der Waals surface area contributed by atoms with Crippen LogP contribution in [0.1, 0.15) is 19.3 Å². The smallest absolute Gasteiger partial charge is 0.209 e. The van der Waals surface area contributed by atoms with Crippen molar-refractivity contribution in [3.63, 3.8) is 0 Å². The number of piperidine rings is 1. The molecule has 2 fully saturated rings. The average Bonchev–Trinajstić information content (AvgIpc) is 3.41. The molecule has 10 nitrogen and oxygen atoms in total. The molecule has 5 heterocycles. The number of aromatic nitrogens is 6. The molecule has 1 spiro atoms. The third kappa shape index (κ3) is 3.77. The van der Waals surface area contributed by atoms with Crippen LogP contribution >= 0.6 is 0 Å². The van der Waals surface area contributed by atoms with Crippen LogP contribution in [0.25, 0.3) is 5.65 Å². The lowest BCUT2D eigenvalue weighted by Gasteiger charge is -2.47. The van der Waals surface area contributed by atoms with Crippen molar-refractivity contribution in [2.45, 2.75) is 31.4 Å². The Bertz CT molecular complexity index is 946. The van der Waals surface area contributed by atoms with Crippen molar-refractivity contribution in [3.05, 3.63) is 30.9 Å². The number of ether oxygens (including phenoxy) is 1. The summed E-state index contributed by atoms with van der Waals surface area (Å²) in [6.07, 6.45) is 8.52. The topological polar surface area (TPSA) is 103 Å². The summed E-state index contributed by atoms with van der Waals surface area (Å²) in [6.45, 7) is 6.65. The maximum atomic E-state index is 6.30. The van der Waals surface area contributed by atoms with Crippen molar-refractivity contribution >= 4 is 17.4 Å². The zero-order valence-electron chi connectivity index (χ0n) is 16.5. The molecule has 2 saturated heterocycles. The van der Waals surface area contributed by atoms with Crippen LogP contribution in [-0.2, 0) is 11.3 Å². The summed E-state index contributed by atoms with van der Waals surface area (Å²) in [6, 6.07) is 3.92. The molecule has 3 aromatic heterocycles. The van der Waals surface area contributed by atoms with E-state index in [1.54, 1.807) is 10.7 Å². The van der Waals surface area contributed by atoms with Gasteiger partial charge in [0.1, 0.15) is 12.1 Å². The van der Waals surface area contributed by atoms with Gasteiger partial charge in [-0.05, 0) is 25.3 Å². The van der Waals surface area contributed by atoms with Gasteiger partial charge in [-0.2, -0.15) is 10.1 Å². The maximum Gasteiger partial charge on any atom is 0.209 e. The van der Waals surface area contributed by atoms with Gasteiger partial charge in [-0.1, -0.05) is 0 Å². The van der Waals surface area contributed by atoms with E-state index in [1.165, 1.54) is 0 Å². The molecule has 0 radical (unpaired) electrons. The quantitative estimate of drug-likeness (QED) is 0.670. The SMILES string of the molecule is Nc1nc(N2CCC3(CC2)CN(CCCn2cccn2)CCO3)cc2nncn12. The number of morpholine rings is 1. The number of rotatable bonds is 5. The number of anilines is 2. The second-order valence-corrected chi connectivity index (χ2v) is 7.95. The third-order valence-corrected chi connectivity index (χ3v) is 6.06. The van der Waals surface area contributed by atoms with Crippen molar-refractivity contribution in [1.82, 2.24) is 34.3 Å². The molecular formula is C19H27N9O. The number of nitrogen functional groups attached to an aromatic ring is 1. The Labute approximate surface area is 169 Å². The molecule has 0 aliphatic carbocycles. The molecule has 2 aliphatic heterocycles. The number of nitrogens with two attached hydrogens (primary N) is 1. The molecule has 0 aromatic carbocycles. The van der Waals surface area contributed by atoms with Crippen molar-refractivity contribution in [2.24, 2.45) is 0 Å². The van der Waals surface area contributed by atoms with E-state index in [4.69, 9.17) is 10.5 Å². The van der Waals surface area contributed by atoms with Gasteiger partial charge in [0, 0.05) is 57.7 Å². The molecule has 0 unspecified atom stereocenters. The first-order valence-corrected chi connectivity index (χ1v) is 10.3. The molecule has 3 aromatic rings. The fourth-order valence-corrected chi connectivity index (χ4v) is 4.45. The minimum atomic E-state index is -0.0506. The maximum absolute atomic E-state index is 6.30. The largest absolute Gasteiger partial charge is 0.372 e. The lowest BCUT2D eigenvalue weighted by atomic mass is 9.89. The molecular weight excluding hydrogens is 370 g/mol. The Morgan fingerprint density at radius 2 is 2.07 bits per heavy atom. The molecule has 0 atom stereocenters. The first-order valence-electron chi connectivity index (χ1n) is 10.3. The van der Waals surface area contributed by atoms with Crippen LogP contribution in [0.3, 0.4) is 0 Å². The standard InChI is InChI=1S/C19H27N9O/c20-18-23-16(13-17-24-21-15-28(17)18)26-9-3-19(4-10-26)14-25(11-12-29-19)6-2-8-27-7-1-5-22-27/h1,5,7,13,15H,2-4,6,8-12,14H2,(H2,20,23). The van der Waals surface area contributed by atoms with Gasteiger partial charge in [-0.15, -0.1) is 10.2 Å². The lowest BCUT2D eigenvalue weighted by molar-refractivity contribution is -0.121. The minimum absolute atomic E-state index is 0.0506. The van der Waals surface area contributed by atoms with Gasteiger partial charge in [-0.25, -0.2) is 0 Å². The highest BCUT2D eigenvalue weighted by Crippen LogP contribution is 2.32. The van der Waals surface area contributed by atoms with Gasteiger partial charge in [0.15, 0.2) is 5.65 Å². The van der Waals surface area contributed by atoms with Gasteiger partial charge < -0.3 is 15.4 Å². The summed E-state index contributed by atoms with van der Waals surface area (Å²) in [5.74, 6) is 1.28. The third-order valence-electron chi connectivity index (χ3n) is 6.06. The van der Waals surface area contributed by atoms with E-state index in [-0.39, 0.29) is 5.60 Å². The van der Waals surface area contributed by atoms with Crippen LogP contribution in [-0.4, -0.2) is 79.2 Å². The van der Waals surface area contributed by atoms with Crippen molar-refractivity contribution < 1.29 is 4.74 Å². The fraction of sp³-hybridized carbons (Fsp3) is 0.579. The number of nitrogens with zero attached hydrogens (tertiary/aromatic N) is 8. The van der Waals surface area contributed by atoms with Gasteiger partial charge in [0.25, 0.3) is 0 Å². The highest BCUT2D eigenvalue weighted by Gasteiger charge is 2.39. The summed E-state index contributed by atoms with van der Waals surface area (Å²) >= 11 is 0. The Balaban J connectivity index is 1.18. The summed E-state index contributed by atoms with van der Waals surface area (Å²) in [7, 11) is 0. The molecule has 2 N–H and O–H groups in total. The number of hydrogen-bond acceptors (Lipinski definition) is 8. The predicted molar refractivity (Wildman–Crippen MR) is 109 cm³/mol. The summed E-state index contributed by atoms with van der Waals surface area (Å²) in [5, 5.41) is 12.3. The molecule has 154 valence electrons. The predicted octanol–water partition coefficient (Wildman–Crippen LogP) is 0.664. The second-order valence-electron chi connectivity index (χ2n) is 7.95. The van der Waals surface area contributed by atoms with Crippen LogP contribution in [0.4, 0.5) is 11.8 Å². The average molecular weight is 397 g/mol. The molecule has 2 aliphatic rings. The Morgan fingerprint density at radius 3 is 2.90 bits per heavy atom. The zero-order valence-corrected chi connectivity index (χ0v) is 16.5. The van der Waals surface area contributed by atoms with Crippen molar-refractivity contribution in [2.75, 3.05) is 50.0 Å². The lowest BCUT2D eigenvalue weighted by Crippen LogP contribution is -2.57. The Morgan fingerprint density at radius 1 is 1.17 bits per heavy atom. The number of fused-ring (bicyclic) bond motifs is 1. The highest BCUT2D eigenvalue weighted by molar-refractivity contribution is 5.55. The van der Waals surface area contributed by atoms with Crippen LogP contribution in [0.5, 0.6) is 0 Å². The second kappa shape index (κ2) is 7.60. The minimum Gasteiger partial charge on any atom is -0.372 e. The van der Waals surface area contributed by atoms with E-state index in [9.17, 15) is 0 Å². The summed E-state index contributed by atoms with van der Waals surface area (Å²) in [5.41, 5.74) is 6.73. The van der Waals surface area contributed by atoms with E-state index >= 15 is 0 Å². The highest BCUT2D eigenvalue weighted by atomic mass is 16.5. The zero-order chi connectivity index (χ0) is 19.7. The monoisotopic (exact) mass is 397 g/mol. The van der Waals surface area contributed by atoms with Crippen molar-refractivity contribution in [3.8, 4) is 0 Å². The van der Waals surface area contributed by atoms with Crippen LogP contribution in [0.2, 0.25) is 0 Å². The van der Waals surface area contributed by atoms with Crippen LogP contribution in [0, 0.1) is 0 Å². The molecule has 29 heavy (non-hydrogen) atoms. The summed E-state index contributed by atoms with van der Waals surface area (Å²) < 4.78 is 9.99. The van der Waals surface area contributed by atoms with E-state index in [2.05, 4.69) is 30.1 Å². The Kier molecular flexibility index (Phi) is 4.80. The van der Waals surface area contributed by atoms with Crippen LogP contribution < -0.4 is 10.6 Å². The number of hydrogen-bond donors (Lipinski definition) is 1. The molecule has 5 rings (SSSR count). The van der Waals surface area contributed by atoms with E-state index < -0.39 is 0 Å². The van der Waals surface area contributed by atoms with Gasteiger partial charge in [0.2, 0.25) is 5.95 Å². The fourth-order valence-electron chi connectivity index (χ4n) is 4.45. The van der Waals surface area contributed by atoms with E-state index in [0.29, 0.717) is 5.95 Å². The molecule has 0 bridgehead atoms. The van der Waals surface area contributed by atoms with E-state index in [1.807, 2.05) is 29.2 Å². The molecule has 0 amide bonds. The first kappa shape index (κ1) is 18.3. The normalized spacial score (nSPS) is 19.9.